The second kappa shape index (κ2) is 3.09. The molecule has 0 bridgehead atoms. The summed E-state index contributed by atoms with van der Waals surface area (Å²) in [6.45, 7) is 1.98. The van der Waals surface area contributed by atoms with E-state index in [2.05, 4.69) is 5.32 Å². The number of fused-ring (bicyclic) bond motifs is 1. The van der Waals surface area contributed by atoms with E-state index in [1.54, 1.807) is 4.90 Å². The summed E-state index contributed by atoms with van der Waals surface area (Å²) < 4.78 is 0. The lowest BCUT2D eigenvalue weighted by atomic mass is 10.1. The van der Waals surface area contributed by atoms with Gasteiger partial charge in [0, 0.05) is 18.0 Å². The molecule has 0 aromatic rings. The van der Waals surface area contributed by atoms with Crippen LogP contribution in [-0.2, 0) is 4.79 Å². The van der Waals surface area contributed by atoms with Gasteiger partial charge in [0.1, 0.15) is 6.17 Å². The van der Waals surface area contributed by atoms with Crippen LogP contribution >= 0.6 is 0 Å². The van der Waals surface area contributed by atoms with E-state index in [4.69, 9.17) is 0 Å². The molecule has 3 heteroatoms. The second-order valence-electron chi connectivity index (χ2n) is 3.07. The van der Waals surface area contributed by atoms with Crippen molar-refractivity contribution in [2.45, 2.75) is 19.5 Å². The summed E-state index contributed by atoms with van der Waals surface area (Å²) in [4.78, 5) is 13.4. The minimum atomic E-state index is 0.00722. The van der Waals surface area contributed by atoms with Crippen LogP contribution in [0.5, 0.6) is 0 Å². The van der Waals surface area contributed by atoms with Crippen LogP contribution < -0.4 is 5.32 Å². The van der Waals surface area contributed by atoms with Crippen LogP contribution in [0.1, 0.15) is 13.3 Å². The predicted octanol–water partition coefficient (Wildman–Crippen LogP) is 1.12. The van der Waals surface area contributed by atoms with Gasteiger partial charge in [-0.3, -0.25) is 9.69 Å². The van der Waals surface area contributed by atoms with Crippen LogP contribution in [0.3, 0.4) is 0 Å². The first-order valence-corrected chi connectivity index (χ1v) is 4.45. The van der Waals surface area contributed by atoms with Crippen molar-refractivity contribution < 1.29 is 4.79 Å². The molecule has 0 saturated heterocycles. The summed E-state index contributed by atoms with van der Waals surface area (Å²) in [5.74, 6) is 0.104. The molecule has 0 aliphatic carbocycles. The highest BCUT2D eigenvalue weighted by molar-refractivity contribution is 5.95. The van der Waals surface area contributed by atoms with Crippen molar-refractivity contribution in [1.29, 1.82) is 0 Å². The zero-order chi connectivity index (χ0) is 9.26. The van der Waals surface area contributed by atoms with Crippen molar-refractivity contribution in [2.24, 2.45) is 0 Å². The SMILES string of the molecule is CCC1=CNC2C=CC=CN2C1=O. The Morgan fingerprint density at radius 3 is 3.15 bits per heavy atom. The predicted molar refractivity (Wildman–Crippen MR) is 50.4 cm³/mol. The molecule has 2 aliphatic heterocycles. The number of allylic oxidation sites excluding steroid dienone is 2. The van der Waals surface area contributed by atoms with Crippen molar-refractivity contribution in [2.75, 3.05) is 0 Å². The first kappa shape index (κ1) is 8.10. The maximum atomic E-state index is 11.7. The van der Waals surface area contributed by atoms with Gasteiger partial charge >= 0.3 is 0 Å². The molecule has 1 unspecified atom stereocenters. The molecule has 1 amide bonds. The third kappa shape index (κ3) is 1.26. The third-order valence-corrected chi connectivity index (χ3v) is 2.27. The van der Waals surface area contributed by atoms with E-state index in [-0.39, 0.29) is 12.1 Å². The number of carbonyl (C=O) groups excluding carboxylic acids is 1. The zero-order valence-corrected chi connectivity index (χ0v) is 7.53. The average Bonchev–Trinajstić information content (AvgIpc) is 2.19. The molecule has 68 valence electrons. The normalized spacial score (nSPS) is 25.3. The summed E-state index contributed by atoms with van der Waals surface area (Å²) in [5.41, 5.74) is 0.830. The fourth-order valence-corrected chi connectivity index (χ4v) is 1.49. The van der Waals surface area contributed by atoms with Gasteiger partial charge in [-0.2, -0.15) is 0 Å². The minimum Gasteiger partial charge on any atom is -0.367 e. The molecule has 0 spiro atoms. The van der Waals surface area contributed by atoms with Crippen LogP contribution in [-0.4, -0.2) is 17.0 Å². The summed E-state index contributed by atoms with van der Waals surface area (Å²) in [6.07, 6.45) is 10.2. The Kier molecular flexibility index (Phi) is 1.93. The molecule has 1 N–H and O–H groups in total. The largest absolute Gasteiger partial charge is 0.367 e. The van der Waals surface area contributed by atoms with Crippen molar-refractivity contribution in [1.82, 2.24) is 10.2 Å². The van der Waals surface area contributed by atoms with Crippen LogP contribution in [0.4, 0.5) is 0 Å². The lowest BCUT2D eigenvalue weighted by Crippen LogP contribution is -2.47. The number of hydrogen-bond acceptors (Lipinski definition) is 2. The smallest absolute Gasteiger partial charge is 0.257 e. The van der Waals surface area contributed by atoms with Gasteiger partial charge in [0.05, 0.1) is 0 Å². The van der Waals surface area contributed by atoms with Crippen LogP contribution in [0.2, 0.25) is 0 Å². The highest BCUT2D eigenvalue weighted by Gasteiger charge is 2.26. The highest BCUT2D eigenvalue weighted by Crippen LogP contribution is 2.16. The van der Waals surface area contributed by atoms with Crippen LogP contribution in [0.25, 0.3) is 0 Å². The fourth-order valence-electron chi connectivity index (χ4n) is 1.49. The van der Waals surface area contributed by atoms with E-state index < -0.39 is 0 Å². The minimum absolute atomic E-state index is 0.00722. The van der Waals surface area contributed by atoms with Gasteiger partial charge in [0.15, 0.2) is 0 Å². The lowest BCUT2D eigenvalue weighted by Gasteiger charge is -2.33. The summed E-state index contributed by atoms with van der Waals surface area (Å²) in [5, 5.41) is 3.16. The number of nitrogens with one attached hydrogen (secondary N) is 1. The molecule has 2 rings (SSSR count). The first-order valence-electron chi connectivity index (χ1n) is 4.45. The Hall–Kier alpha value is -1.51. The molecular weight excluding hydrogens is 164 g/mol. The maximum Gasteiger partial charge on any atom is 0.257 e. The van der Waals surface area contributed by atoms with Crippen molar-refractivity contribution in [3.63, 3.8) is 0 Å². The standard InChI is InChI=1S/C10H12N2O/c1-2-8-7-11-9-5-3-4-6-12(9)10(8)13/h3-7,9,11H,2H2,1H3. The maximum absolute atomic E-state index is 11.7. The molecule has 0 aromatic heterocycles. The van der Waals surface area contributed by atoms with Crippen molar-refractivity contribution in [3.8, 4) is 0 Å². The van der Waals surface area contributed by atoms with Crippen molar-refractivity contribution in [3.05, 3.63) is 36.2 Å². The quantitative estimate of drug-likeness (QED) is 0.649. The van der Waals surface area contributed by atoms with Gasteiger partial charge in [0.2, 0.25) is 0 Å². The Balaban J connectivity index is 2.28. The summed E-state index contributed by atoms with van der Waals surface area (Å²) in [6, 6.07) is 0. The molecule has 0 fully saturated rings. The van der Waals surface area contributed by atoms with Gasteiger partial charge in [0.25, 0.3) is 5.91 Å². The summed E-state index contributed by atoms with van der Waals surface area (Å²) >= 11 is 0. The molecule has 3 nitrogen and oxygen atoms in total. The Morgan fingerprint density at radius 1 is 1.54 bits per heavy atom. The van der Waals surface area contributed by atoms with E-state index in [0.717, 1.165) is 12.0 Å². The van der Waals surface area contributed by atoms with Gasteiger partial charge in [-0.1, -0.05) is 13.0 Å². The number of carbonyl (C=O) groups is 1. The van der Waals surface area contributed by atoms with Crippen LogP contribution in [0, 0.1) is 0 Å². The molecule has 0 saturated carbocycles. The van der Waals surface area contributed by atoms with E-state index in [0.29, 0.717) is 0 Å². The Morgan fingerprint density at radius 2 is 2.38 bits per heavy atom. The van der Waals surface area contributed by atoms with Gasteiger partial charge < -0.3 is 5.32 Å². The van der Waals surface area contributed by atoms with E-state index >= 15 is 0 Å². The number of hydrogen-bond donors (Lipinski definition) is 1. The van der Waals surface area contributed by atoms with E-state index in [1.165, 1.54) is 0 Å². The molecule has 0 radical (unpaired) electrons. The molecule has 2 heterocycles. The van der Waals surface area contributed by atoms with Gasteiger partial charge in [-0.05, 0) is 18.6 Å². The van der Waals surface area contributed by atoms with Crippen molar-refractivity contribution >= 4 is 5.91 Å². The van der Waals surface area contributed by atoms with Gasteiger partial charge in [-0.15, -0.1) is 0 Å². The first-order chi connectivity index (χ1) is 6.33. The zero-order valence-electron chi connectivity index (χ0n) is 7.53. The van der Waals surface area contributed by atoms with E-state index in [9.17, 15) is 4.79 Å². The molecule has 0 aromatic carbocycles. The summed E-state index contributed by atoms with van der Waals surface area (Å²) in [7, 11) is 0. The number of amides is 1. The molecule has 2 aliphatic rings. The number of nitrogens with zero attached hydrogens (tertiary/aromatic N) is 1. The lowest BCUT2D eigenvalue weighted by molar-refractivity contribution is -0.127. The topological polar surface area (TPSA) is 32.3 Å². The molecule has 13 heavy (non-hydrogen) atoms. The monoisotopic (exact) mass is 176 g/mol. The molecular formula is C10H12N2O. The van der Waals surface area contributed by atoms with E-state index in [1.807, 2.05) is 37.6 Å². The van der Waals surface area contributed by atoms with Crippen LogP contribution in [0.15, 0.2) is 36.2 Å². The second-order valence-corrected chi connectivity index (χ2v) is 3.07. The Labute approximate surface area is 77.4 Å². The molecule has 1 atom stereocenters. The average molecular weight is 176 g/mol. The van der Waals surface area contributed by atoms with Gasteiger partial charge in [-0.25, -0.2) is 0 Å². The Bertz CT molecular complexity index is 315. The number of rotatable bonds is 1. The fraction of sp³-hybridized carbons (Fsp3) is 0.300. The third-order valence-electron chi connectivity index (χ3n) is 2.27. The highest BCUT2D eigenvalue weighted by atomic mass is 16.2.